The summed E-state index contributed by atoms with van der Waals surface area (Å²) in [6.45, 7) is 10.1. The summed E-state index contributed by atoms with van der Waals surface area (Å²) in [6.07, 6.45) is 8.33. The summed E-state index contributed by atoms with van der Waals surface area (Å²) in [5, 5.41) is 0. The Morgan fingerprint density at radius 1 is 1.41 bits per heavy atom. The van der Waals surface area contributed by atoms with E-state index in [9.17, 15) is 4.79 Å². The van der Waals surface area contributed by atoms with Crippen LogP contribution < -0.4 is 0 Å². The molecule has 0 N–H and O–H groups in total. The molecule has 0 atom stereocenters. The molecule has 2 nitrogen and oxygen atoms in total. The summed E-state index contributed by atoms with van der Waals surface area (Å²) >= 11 is 0. The second kappa shape index (κ2) is 5.67. The zero-order valence-corrected chi connectivity index (χ0v) is 11.2. The molecular formula is C15H21NO. The SMILES string of the molecule is C=C(/C(C(=O)CC)=C1/C=CC=CN1C)C(C)C. The Kier molecular flexibility index (Phi) is 4.50. The maximum Gasteiger partial charge on any atom is 0.164 e. The van der Waals surface area contributed by atoms with Crippen LogP contribution in [-0.4, -0.2) is 17.7 Å². The van der Waals surface area contributed by atoms with Crippen molar-refractivity contribution >= 4 is 5.78 Å². The average molecular weight is 231 g/mol. The Balaban J connectivity index is 3.27. The molecular weight excluding hydrogens is 210 g/mol. The summed E-state index contributed by atoms with van der Waals surface area (Å²) < 4.78 is 0. The van der Waals surface area contributed by atoms with E-state index in [2.05, 4.69) is 20.4 Å². The van der Waals surface area contributed by atoms with Gasteiger partial charge in [-0.25, -0.2) is 0 Å². The normalized spacial score (nSPS) is 17.6. The maximum atomic E-state index is 12.1. The summed E-state index contributed by atoms with van der Waals surface area (Å²) in [5.41, 5.74) is 2.63. The van der Waals surface area contributed by atoms with Gasteiger partial charge >= 0.3 is 0 Å². The molecule has 0 radical (unpaired) electrons. The number of rotatable bonds is 4. The van der Waals surface area contributed by atoms with Gasteiger partial charge in [0.05, 0.1) is 5.70 Å². The Morgan fingerprint density at radius 2 is 2.06 bits per heavy atom. The van der Waals surface area contributed by atoms with Gasteiger partial charge in [0, 0.05) is 25.2 Å². The molecule has 0 amide bonds. The molecule has 0 saturated heterocycles. The van der Waals surface area contributed by atoms with E-state index in [4.69, 9.17) is 0 Å². The number of hydrogen-bond acceptors (Lipinski definition) is 2. The number of carbonyl (C=O) groups excluding carboxylic acids is 1. The van der Waals surface area contributed by atoms with Gasteiger partial charge < -0.3 is 4.90 Å². The Bertz CT molecular complexity index is 411. The van der Waals surface area contributed by atoms with Gasteiger partial charge in [0.25, 0.3) is 0 Å². The topological polar surface area (TPSA) is 20.3 Å². The standard InChI is InChI=1S/C15H21NO/c1-6-14(17)15(12(4)11(2)3)13-9-7-8-10-16(13)5/h7-11H,4,6H2,1-3,5H3/b15-13+. The summed E-state index contributed by atoms with van der Waals surface area (Å²) in [6, 6.07) is 0. The Labute approximate surface area is 104 Å². The number of likely N-dealkylation sites (N-methyl/N-ethyl adjacent to an activating group) is 1. The van der Waals surface area contributed by atoms with Crippen LogP contribution in [0.25, 0.3) is 0 Å². The van der Waals surface area contributed by atoms with Gasteiger partial charge in [-0.2, -0.15) is 0 Å². The summed E-state index contributed by atoms with van der Waals surface area (Å²) in [7, 11) is 1.95. The van der Waals surface area contributed by atoms with Crippen LogP contribution in [0.4, 0.5) is 0 Å². The number of hydrogen-bond donors (Lipinski definition) is 0. The second-order valence-corrected chi connectivity index (χ2v) is 4.53. The molecule has 2 heteroatoms. The minimum absolute atomic E-state index is 0.158. The molecule has 0 saturated carbocycles. The first kappa shape index (κ1) is 13.5. The van der Waals surface area contributed by atoms with Gasteiger partial charge in [-0.15, -0.1) is 0 Å². The number of carbonyl (C=O) groups is 1. The fraction of sp³-hybridized carbons (Fsp3) is 0.400. The number of allylic oxidation sites excluding steroid dienone is 5. The third-order valence-electron chi connectivity index (χ3n) is 2.93. The predicted octanol–water partition coefficient (Wildman–Crippen LogP) is 3.45. The lowest BCUT2D eigenvalue weighted by Gasteiger charge is -2.24. The molecule has 0 fully saturated rings. The Morgan fingerprint density at radius 3 is 2.53 bits per heavy atom. The van der Waals surface area contributed by atoms with Crippen LogP contribution in [0.2, 0.25) is 0 Å². The van der Waals surface area contributed by atoms with Gasteiger partial charge in [-0.1, -0.05) is 33.4 Å². The van der Waals surface area contributed by atoms with Gasteiger partial charge in [0.15, 0.2) is 5.78 Å². The summed E-state index contributed by atoms with van der Waals surface area (Å²) in [4.78, 5) is 14.1. The van der Waals surface area contributed by atoms with E-state index in [-0.39, 0.29) is 11.7 Å². The molecule has 1 heterocycles. The monoisotopic (exact) mass is 231 g/mol. The zero-order valence-electron chi connectivity index (χ0n) is 11.2. The minimum atomic E-state index is 0.158. The smallest absolute Gasteiger partial charge is 0.164 e. The molecule has 0 spiro atoms. The van der Waals surface area contributed by atoms with E-state index < -0.39 is 0 Å². The van der Waals surface area contributed by atoms with Crippen molar-refractivity contribution in [2.45, 2.75) is 27.2 Å². The molecule has 0 unspecified atom stereocenters. The molecule has 1 aliphatic heterocycles. The third-order valence-corrected chi connectivity index (χ3v) is 2.93. The highest BCUT2D eigenvalue weighted by Gasteiger charge is 2.20. The predicted molar refractivity (Wildman–Crippen MR) is 72.3 cm³/mol. The van der Waals surface area contributed by atoms with Crippen molar-refractivity contribution in [1.82, 2.24) is 4.90 Å². The van der Waals surface area contributed by atoms with Crippen molar-refractivity contribution in [3.8, 4) is 0 Å². The van der Waals surface area contributed by atoms with E-state index in [0.29, 0.717) is 6.42 Å². The van der Waals surface area contributed by atoms with Crippen LogP contribution in [0.3, 0.4) is 0 Å². The largest absolute Gasteiger partial charge is 0.350 e. The molecule has 0 aromatic rings. The van der Waals surface area contributed by atoms with Crippen LogP contribution >= 0.6 is 0 Å². The molecule has 0 bridgehead atoms. The lowest BCUT2D eigenvalue weighted by Crippen LogP contribution is -2.19. The molecule has 1 aliphatic rings. The highest BCUT2D eigenvalue weighted by Crippen LogP contribution is 2.26. The minimum Gasteiger partial charge on any atom is -0.350 e. The van der Waals surface area contributed by atoms with Crippen molar-refractivity contribution in [3.05, 3.63) is 47.9 Å². The third kappa shape index (κ3) is 2.96. The van der Waals surface area contributed by atoms with E-state index in [0.717, 1.165) is 16.8 Å². The quantitative estimate of drug-likeness (QED) is 0.691. The van der Waals surface area contributed by atoms with E-state index in [1.165, 1.54) is 0 Å². The van der Waals surface area contributed by atoms with Crippen LogP contribution in [0.1, 0.15) is 27.2 Å². The van der Waals surface area contributed by atoms with Gasteiger partial charge in [0.1, 0.15) is 0 Å². The van der Waals surface area contributed by atoms with E-state index >= 15 is 0 Å². The fourth-order valence-corrected chi connectivity index (χ4v) is 1.73. The molecule has 92 valence electrons. The van der Waals surface area contributed by atoms with Crippen LogP contribution in [0, 0.1) is 5.92 Å². The first-order valence-corrected chi connectivity index (χ1v) is 6.03. The molecule has 0 aromatic carbocycles. The second-order valence-electron chi connectivity index (χ2n) is 4.53. The zero-order chi connectivity index (χ0) is 13.0. The van der Waals surface area contributed by atoms with Crippen molar-refractivity contribution in [2.75, 3.05) is 7.05 Å². The van der Waals surface area contributed by atoms with Gasteiger partial charge in [-0.3, -0.25) is 4.79 Å². The highest BCUT2D eigenvalue weighted by molar-refractivity contribution is 6.00. The summed E-state index contributed by atoms with van der Waals surface area (Å²) in [5.74, 6) is 0.436. The Hall–Kier alpha value is -1.57. The highest BCUT2D eigenvalue weighted by atomic mass is 16.1. The van der Waals surface area contributed by atoms with Crippen molar-refractivity contribution in [3.63, 3.8) is 0 Å². The molecule has 17 heavy (non-hydrogen) atoms. The lowest BCUT2D eigenvalue weighted by atomic mass is 9.90. The number of Topliss-reactive ketones (excluding diaryl/α,β-unsaturated/α-hetero) is 1. The number of nitrogens with zero attached hydrogens (tertiary/aromatic N) is 1. The lowest BCUT2D eigenvalue weighted by molar-refractivity contribution is -0.115. The van der Waals surface area contributed by atoms with E-state index in [1.54, 1.807) is 0 Å². The van der Waals surface area contributed by atoms with Gasteiger partial charge in [0.2, 0.25) is 0 Å². The fourth-order valence-electron chi connectivity index (χ4n) is 1.73. The molecule has 1 rings (SSSR count). The van der Waals surface area contributed by atoms with Gasteiger partial charge in [-0.05, 0) is 23.6 Å². The van der Waals surface area contributed by atoms with Crippen LogP contribution in [0.5, 0.6) is 0 Å². The van der Waals surface area contributed by atoms with Crippen molar-refractivity contribution in [1.29, 1.82) is 0 Å². The average Bonchev–Trinajstić information content (AvgIpc) is 2.31. The first-order chi connectivity index (χ1) is 7.99. The first-order valence-electron chi connectivity index (χ1n) is 6.03. The van der Waals surface area contributed by atoms with Crippen LogP contribution in [0.15, 0.2) is 47.9 Å². The maximum absolute atomic E-state index is 12.1. The van der Waals surface area contributed by atoms with Crippen molar-refractivity contribution in [2.24, 2.45) is 5.92 Å². The number of ketones is 1. The van der Waals surface area contributed by atoms with Crippen LogP contribution in [-0.2, 0) is 4.79 Å². The molecule has 0 aromatic heterocycles. The van der Waals surface area contributed by atoms with Crippen molar-refractivity contribution < 1.29 is 4.79 Å². The van der Waals surface area contributed by atoms with E-state index in [1.807, 2.05) is 43.3 Å². The molecule has 0 aliphatic carbocycles.